The Morgan fingerprint density at radius 2 is 1.74 bits per heavy atom. The van der Waals surface area contributed by atoms with Gasteiger partial charge in [-0.25, -0.2) is 4.39 Å². The molecule has 1 aliphatic rings. The lowest BCUT2D eigenvalue weighted by Gasteiger charge is -2.32. The standard InChI is InChI=1S/C26H23FN6O/c1-18-7-11-21(12-8-18)23-15-24(20-5-3-2-4-6-20)33-26(29-30-31-33)32(23)17-25(34)28-16-19-9-13-22(27)14-10-19/h2-15,24H,16-17H2,1H3,(H,28,34)/t24-/m1/s1. The fourth-order valence-corrected chi connectivity index (χ4v) is 3.99. The zero-order chi connectivity index (χ0) is 23.5. The predicted molar refractivity (Wildman–Crippen MR) is 127 cm³/mol. The lowest BCUT2D eigenvalue weighted by Crippen LogP contribution is -2.39. The number of hydrogen-bond acceptors (Lipinski definition) is 5. The third-order valence-electron chi connectivity index (χ3n) is 5.78. The molecule has 5 rings (SSSR count). The van der Waals surface area contributed by atoms with Gasteiger partial charge in [0.05, 0.1) is 5.70 Å². The summed E-state index contributed by atoms with van der Waals surface area (Å²) in [4.78, 5) is 14.8. The van der Waals surface area contributed by atoms with Crippen molar-refractivity contribution in [3.05, 3.63) is 113 Å². The molecule has 0 fully saturated rings. The second-order valence-corrected chi connectivity index (χ2v) is 8.19. The number of allylic oxidation sites excluding steroid dienone is 1. The number of aryl methyl sites for hydroxylation is 1. The molecule has 1 amide bonds. The molecule has 0 aliphatic carbocycles. The fraction of sp³-hybridized carbons (Fsp3) is 0.154. The first-order valence-electron chi connectivity index (χ1n) is 11.0. The Morgan fingerprint density at radius 1 is 1.00 bits per heavy atom. The van der Waals surface area contributed by atoms with Crippen molar-refractivity contribution in [2.75, 3.05) is 11.4 Å². The van der Waals surface area contributed by atoms with Crippen LogP contribution in [0.5, 0.6) is 0 Å². The van der Waals surface area contributed by atoms with E-state index >= 15 is 0 Å². The van der Waals surface area contributed by atoms with E-state index in [1.165, 1.54) is 12.1 Å². The molecule has 0 bridgehead atoms. The second kappa shape index (κ2) is 9.27. The van der Waals surface area contributed by atoms with Gasteiger partial charge >= 0.3 is 0 Å². The molecule has 34 heavy (non-hydrogen) atoms. The van der Waals surface area contributed by atoms with Crippen LogP contribution in [0.15, 0.2) is 84.9 Å². The molecule has 0 spiro atoms. The van der Waals surface area contributed by atoms with Gasteiger partial charge in [-0.3, -0.25) is 9.69 Å². The SMILES string of the molecule is Cc1ccc(C2=C[C@H](c3ccccc3)n3nnnc3N2CC(=O)NCc2ccc(F)cc2)cc1. The number of hydrogen-bond donors (Lipinski definition) is 1. The smallest absolute Gasteiger partial charge is 0.251 e. The molecule has 0 saturated heterocycles. The number of carbonyl (C=O) groups is 1. The number of carbonyl (C=O) groups excluding carboxylic acids is 1. The third-order valence-corrected chi connectivity index (χ3v) is 5.78. The van der Waals surface area contributed by atoms with Crippen LogP contribution in [0.3, 0.4) is 0 Å². The number of nitrogens with one attached hydrogen (secondary N) is 1. The van der Waals surface area contributed by atoms with E-state index in [4.69, 9.17) is 0 Å². The Labute approximate surface area is 196 Å². The lowest BCUT2D eigenvalue weighted by molar-refractivity contribution is -0.119. The summed E-state index contributed by atoms with van der Waals surface area (Å²) in [6.45, 7) is 2.36. The number of tetrazole rings is 1. The molecule has 8 heteroatoms. The normalized spacial score (nSPS) is 14.9. The third kappa shape index (κ3) is 4.43. The summed E-state index contributed by atoms with van der Waals surface area (Å²) in [6.07, 6.45) is 2.08. The predicted octanol–water partition coefficient (Wildman–Crippen LogP) is 3.89. The highest BCUT2D eigenvalue weighted by molar-refractivity contribution is 5.89. The van der Waals surface area contributed by atoms with Gasteiger partial charge in [-0.2, -0.15) is 4.68 Å². The maximum atomic E-state index is 13.2. The van der Waals surface area contributed by atoms with Crippen molar-refractivity contribution in [3.63, 3.8) is 0 Å². The number of aromatic nitrogens is 4. The van der Waals surface area contributed by atoms with E-state index in [-0.39, 0.29) is 24.3 Å². The molecular weight excluding hydrogens is 431 g/mol. The summed E-state index contributed by atoms with van der Waals surface area (Å²) >= 11 is 0. The number of fused-ring (bicyclic) bond motifs is 1. The zero-order valence-corrected chi connectivity index (χ0v) is 18.6. The van der Waals surface area contributed by atoms with E-state index in [9.17, 15) is 9.18 Å². The van der Waals surface area contributed by atoms with Crippen LogP contribution in [0, 0.1) is 12.7 Å². The Hall–Kier alpha value is -4.33. The van der Waals surface area contributed by atoms with Gasteiger partial charge in [0.2, 0.25) is 5.91 Å². The molecule has 0 radical (unpaired) electrons. The van der Waals surface area contributed by atoms with E-state index in [1.807, 2.05) is 66.4 Å². The van der Waals surface area contributed by atoms with E-state index < -0.39 is 0 Å². The van der Waals surface area contributed by atoms with Gasteiger partial charge in [-0.15, -0.1) is 0 Å². The van der Waals surface area contributed by atoms with Crippen LogP contribution in [-0.2, 0) is 11.3 Å². The average molecular weight is 455 g/mol. The van der Waals surface area contributed by atoms with E-state index in [2.05, 4.69) is 26.9 Å². The molecule has 3 aromatic carbocycles. The highest BCUT2D eigenvalue weighted by Gasteiger charge is 2.31. The summed E-state index contributed by atoms with van der Waals surface area (Å²) in [6, 6.07) is 24.0. The maximum absolute atomic E-state index is 13.2. The number of anilines is 1. The Kier molecular flexibility index (Phi) is 5.86. The number of nitrogens with zero attached hydrogens (tertiary/aromatic N) is 5. The van der Waals surface area contributed by atoms with Crippen molar-refractivity contribution in [2.45, 2.75) is 19.5 Å². The summed E-state index contributed by atoms with van der Waals surface area (Å²) in [7, 11) is 0. The molecule has 170 valence electrons. The van der Waals surface area contributed by atoms with Crippen molar-refractivity contribution in [1.29, 1.82) is 0 Å². The molecule has 0 unspecified atom stereocenters. The summed E-state index contributed by atoms with van der Waals surface area (Å²) < 4.78 is 14.9. The Balaban J connectivity index is 1.46. The van der Waals surface area contributed by atoms with Crippen LogP contribution >= 0.6 is 0 Å². The van der Waals surface area contributed by atoms with Crippen molar-refractivity contribution in [1.82, 2.24) is 25.5 Å². The van der Waals surface area contributed by atoms with Gasteiger partial charge in [0.15, 0.2) is 0 Å². The summed E-state index contributed by atoms with van der Waals surface area (Å²) in [5, 5.41) is 15.3. The number of rotatable bonds is 6. The minimum absolute atomic E-state index is 0.0305. The molecule has 1 atom stereocenters. The molecule has 1 N–H and O–H groups in total. The van der Waals surface area contributed by atoms with Crippen LogP contribution in [0.2, 0.25) is 0 Å². The van der Waals surface area contributed by atoms with Gasteiger partial charge in [0, 0.05) is 6.54 Å². The fourth-order valence-electron chi connectivity index (χ4n) is 3.99. The van der Waals surface area contributed by atoms with Crippen LogP contribution in [0.25, 0.3) is 5.70 Å². The van der Waals surface area contributed by atoms with E-state index in [0.29, 0.717) is 12.5 Å². The van der Waals surface area contributed by atoms with Crippen molar-refractivity contribution in [3.8, 4) is 0 Å². The lowest BCUT2D eigenvalue weighted by atomic mass is 10.00. The topological polar surface area (TPSA) is 75.9 Å². The minimum Gasteiger partial charge on any atom is -0.350 e. The van der Waals surface area contributed by atoms with Crippen molar-refractivity contribution >= 4 is 17.6 Å². The van der Waals surface area contributed by atoms with Crippen LogP contribution in [0.4, 0.5) is 10.3 Å². The highest BCUT2D eigenvalue weighted by Crippen LogP contribution is 2.36. The monoisotopic (exact) mass is 454 g/mol. The van der Waals surface area contributed by atoms with Crippen LogP contribution in [0.1, 0.15) is 28.3 Å². The summed E-state index contributed by atoms with van der Waals surface area (Å²) in [5.74, 6) is -0.0185. The minimum atomic E-state index is -0.309. The molecule has 4 aromatic rings. The quantitative estimate of drug-likeness (QED) is 0.478. The summed E-state index contributed by atoms with van der Waals surface area (Å²) in [5.41, 5.74) is 4.83. The first kappa shape index (κ1) is 21.5. The number of amides is 1. The van der Waals surface area contributed by atoms with Crippen molar-refractivity contribution in [2.24, 2.45) is 0 Å². The number of benzene rings is 3. The number of halogens is 1. The molecule has 1 aliphatic heterocycles. The Morgan fingerprint density at radius 3 is 2.47 bits per heavy atom. The molecular formula is C26H23FN6O. The average Bonchev–Trinajstić information content (AvgIpc) is 3.35. The van der Waals surface area contributed by atoms with Gasteiger partial charge in [-0.1, -0.05) is 77.4 Å². The highest BCUT2D eigenvalue weighted by atomic mass is 19.1. The second-order valence-electron chi connectivity index (χ2n) is 8.19. The van der Waals surface area contributed by atoms with Gasteiger partial charge < -0.3 is 5.32 Å². The zero-order valence-electron chi connectivity index (χ0n) is 18.6. The van der Waals surface area contributed by atoms with E-state index in [1.54, 1.807) is 16.8 Å². The first-order valence-corrected chi connectivity index (χ1v) is 11.0. The Bertz CT molecular complexity index is 1320. The van der Waals surface area contributed by atoms with Gasteiger partial charge in [0.1, 0.15) is 18.4 Å². The van der Waals surface area contributed by atoms with Gasteiger partial charge in [-0.05, 0) is 52.2 Å². The van der Waals surface area contributed by atoms with Crippen LogP contribution in [-0.4, -0.2) is 32.7 Å². The molecule has 0 saturated carbocycles. The largest absolute Gasteiger partial charge is 0.350 e. The molecule has 7 nitrogen and oxygen atoms in total. The first-order chi connectivity index (χ1) is 16.6. The van der Waals surface area contributed by atoms with Crippen LogP contribution < -0.4 is 10.2 Å². The van der Waals surface area contributed by atoms with E-state index in [0.717, 1.165) is 28.0 Å². The molecule has 2 heterocycles. The molecule has 1 aromatic heterocycles. The maximum Gasteiger partial charge on any atom is 0.251 e. The van der Waals surface area contributed by atoms with Crippen molar-refractivity contribution < 1.29 is 9.18 Å². The van der Waals surface area contributed by atoms with Gasteiger partial charge in [0.25, 0.3) is 5.95 Å².